The largest absolute Gasteiger partial charge is 0.355 e. The van der Waals surface area contributed by atoms with Crippen LogP contribution in [0, 0.1) is 0 Å². The van der Waals surface area contributed by atoms with Gasteiger partial charge in [-0.05, 0) is 24.0 Å². The Labute approximate surface area is 142 Å². The highest BCUT2D eigenvalue weighted by Crippen LogP contribution is 2.10. The summed E-state index contributed by atoms with van der Waals surface area (Å²) in [4.78, 5) is 6.37. The first-order chi connectivity index (χ1) is 8.67. The lowest BCUT2D eigenvalue weighted by molar-refractivity contribution is 0.479. The molecule has 3 nitrogen and oxygen atoms in total. The van der Waals surface area contributed by atoms with Crippen LogP contribution in [0.2, 0.25) is 5.02 Å². The number of thioether (sulfide) groups is 1. The van der Waals surface area contributed by atoms with E-state index in [0.717, 1.165) is 29.8 Å². The van der Waals surface area contributed by atoms with Gasteiger partial charge in [-0.1, -0.05) is 23.7 Å². The van der Waals surface area contributed by atoms with E-state index in [9.17, 15) is 0 Å². The van der Waals surface area contributed by atoms with Crippen molar-refractivity contribution in [3.63, 3.8) is 0 Å². The number of hydrogen-bond acceptors (Lipinski definition) is 2. The van der Waals surface area contributed by atoms with Crippen molar-refractivity contribution in [2.45, 2.75) is 6.54 Å². The van der Waals surface area contributed by atoms with Gasteiger partial charge in [0.1, 0.15) is 0 Å². The summed E-state index contributed by atoms with van der Waals surface area (Å²) in [7, 11) is 3.84. The molecule has 0 saturated heterocycles. The predicted molar refractivity (Wildman–Crippen MR) is 98.1 cm³/mol. The molecule has 0 radical (unpaired) electrons. The van der Waals surface area contributed by atoms with Crippen molar-refractivity contribution in [1.29, 1.82) is 0 Å². The molecule has 0 fully saturated rings. The van der Waals surface area contributed by atoms with E-state index in [0.29, 0.717) is 0 Å². The number of nitrogens with zero attached hydrogens (tertiary/aromatic N) is 2. The third-order valence-electron chi connectivity index (χ3n) is 2.50. The SMILES string of the molecule is CN=C(NCCSC)N(C)Cc1ccc(Cl)cc1.I. The van der Waals surface area contributed by atoms with Crippen LogP contribution in [0.5, 0.6) is 0 Å². The Morgan fingerprint density at radius 1 is 1.37 bits per heavy atom. The minimum atomic E-state index is 0. The summed E-state index contributed by atoms with van der Waals surface area (Å²) in [6, 6.07) is 7.89. The van der Waals surface area contributed by atoms with E-state index < -0.39 is 0 Å². The zero-order valence-electron chi connectivity index (χ0n) is 11.5. The first-order valence-electron chi connectivity index (χ1n) is 5.82. The van der Waals surface area contributed by atoms with E-state index in [1.165, 1.54) is 5.56 Å². The van der Waals surface area contributed by atoms with Crippen LogP contribution in [0.25, 0.3) is 0 Å². The van der Waals surface area contributed by atoms with Crippen LogP contribution in [0.15, 0.2) is 29.3 Å². The van der Waals surface area contributed by atoms with Crippen LogP contribution in [-0.2, 0) is 6.54 Å². The minimum absolute atomic E-state index is 0. The summed E-state index contributed by atoms with van der Waals surface area (Å²) in [6.07, 6.45) is 2.10. The molecular weight excluding hydrogens is 393 g/mol. The van der Waals surface area contributed by atoms with Gasteiger partial charge in [0.05, 0.1) is 0 Å². The molecule has 1 aromatic carbocycles. The molecule has 1 aromatic rings. The van der Waals surface area contributed by atoms with Gasteiger partial charge in [-0.25, -0.2) is 0 Å². The zero-order chi connectivity index (χ0) is 13.4. The Kier molecular flexibility index (Phi) is 10.5. The maximum Gasteiger partial charge on any atom is 0.193 e. The average molecular weight is 414 g/mol. The molecule has 0 unspecified atom stereocenters. The van der Waals surface area contributed by atoms with Gasteiger partial charge < -0.3 is 10.2 Å². The maximum absolute atomic E-state index is 5.87. The van der Waals surface area contributed by atoms with Crippen molar-refractivity contribution in [3.8, 4) is 0 Å². The molecule has 0 saturated carbocycles. The highest BCUT2D eigenvalue weighted by Gasteiger charge is 2.05. The van der Waals surface area contributed by atoms with Crippen LogP contribution in [0.4, 0.5) is 0 Å². The second kappa shape index (κ2) is 10.6. The Balaban J connectivity index is 0.00000324. The van der Waals surface area contributed by atoms with E-state index in [2.05, 4.69) is 21.5 Å². The van der Waals surface area contributed by atoms with Crippen LogP contribution < -0.4 is 5.32 Å². The van der Waals surface area contributed by atoms with Crippen molar-refractivity contribution in [2.75, 3.05) is 32.6 Å². The van der Waals surface area contributed by atoms with E-state index in [4.69, 9.17) is 11.6 Å². The molecule has 0 bridgehead atoms. The lowest BCUT2D eigenvalue weighted by Gasteiger charge is -2.22. The van der Waals surface area contributed by atoms with E-state index in [-0.39, 0.29) is 24.0 Å². The molecule has 1 rings (SSSR count). The van der Waals surface area contributed by atoms with Gasteiger partial charge in [0.15, 0.2) is 5.96 Å². The summed E-state index contributed by atoms with van der Waals surface area (Å²) >= 11 is 7.69. The van der Waals surface area contributed by atoms with E-state index >= 15 is 0 Å². The van der Waals surface area contributed by atoms with Crippen LogP contribution in [-0.4, -0.2) is 43.5 Å². The Hall–Kier alpha value is -0.140. The number of aliphatic imine (C=N–C) groups is 1. The third-order valence-corrected chi connectivity index (χ3v) is 3.36. The van der Waals surface area contributed by atoms with Gasteiger partial charge in [0, 0.05) is 38.0 Å². The van der Waals surface area contributed by atoms with E-state index in [1.807, 2.05) is 43.1 Å². The lowest BCUT2D eigenvalue weighted by atomic mass is 10.2. The van der Waals surface area contributed by atoms with Crippen molar-refractivity contribution in [2.24, 2.45) is 4.99 Å². The highest BCUT2D eigenvalue weighted by molar-refractivity contribution is 14.0. The molecule has 0 amide bonds. The van der Waals surface area contributed by atoms with Crippen molar-refractivity contribution in [3.05, 3.63) is 34.9 Å². The average Bonchev–Trinajstić information content (AvgIpc) is 2.37. The third kappa shape index (κ3) is 7.27. The summed E-state index contributed by atoms with van der Waals surface area (Å²) < 4.78 is 0. The van der Waals surface area contributed by atoms with Gasteiger partial charge in [0.25, 0.3) is 0 Å². The zero-order valence-corrected chi connectivity index (χ0v) is 15.4. The van der Waals surface area contributed by atoms with Crippen LogP contribution in [0.1, 0.15) is 5.56 Å². The standard InChI is InChI=1S/C13H20ClN3S.HI/c1-15-13(16-8-9-18-3)17(2)10-11-4-6-12(14)7-5-11;/h4-7H,8-10H2,1-3H3,(H,15,16);1H. The molecule has 0 aliphatic carbocycles. The van der Waals surface area contributed by atoms with Crippen LogP contribution >= 0.6 is 47.3 Å². The molecule has 0 aliphatic heterocycles. The summed E-state index contributed by atoms with van der Waals surface area (Å²) in [5.74, 6) is 1.99. The summed E-state index contributed by atoms with van der Waals surface area (Å²) in [6.45, 7) is 1.74. The second-order valence-electron chi connectivity index (χ2n) is 3.95. The summed E-state index contributed by atoms with van der Waals surface area (Å²) in [5, 5.41) is 4.10. The van der Waals surface area contributed by atoms with Gasteiger partial charge in [0.2, 0.25) is 0 Å². The number of benzene rings is 1. The molecular formula is C13H21ClIN3S. The molecule has 0 aromatic heterocycles. The molecule has 0 aliphatic rings. The molecule has 19 heavy (non-hydrogen) atoms. The smallest absolute Gasteiger partial charge is 0.193 e. The van der Waals surface area contributed by atoms with Crippen molar-refractivity contribution < 1.29 is 0 Å². The van der Waals surface area contributed by atoms with Gasteiger partial charge in [-0.3, -0.25) is 4.99 Å². The molecule has 1 N–H and O–H groups in total. The van der Waals surface area contributed by atoms with Gasteiger partial charge >= 0.3 is 0 Å². The minimum Gasteiger partial charge on any atom is -0.355 e. The number of guanidine groups is 1. The molecule has 0 spiro atoms. The second-order valence-corrected chi connectivity index (χ2v) is 5.37. The van der Waals surface area contributed by atoms with Crippen LogP contribution in [0.3, 0.4) is 0 Å². The van der Waals surface area contributed by atoms with E-state index in [1.54, 1.807) is 7.05 Å². The highest BCUT2D eigenvalue weighted by atomic mass is 127. The molecule has 108 valence electrons. The Morgan fingerprint density at radius 3 is 2.53 bits per heavy atom. The summed E-state index contributed by atoms with van der Waals surface area (Å²) in [5.41, 5.74) is 1.22. The predicted octanol–water partition coefficient (Wildman–Crippen LogP) is 3.33. The van der Waals surface area contributed by atoms with Crippen molar-refractivity contribution in [1.82, 2.24) is 10.2 Å². The molecule has 6 heteroatoms. The lowest BCUT2D eigenvalue weighted by Crippen LogP contribution is -2.39. The fraction of sp³-hybridized carbons (Fsp3) is 0.462. The topological polar surface area (TPSA) is 27.6 Å². The number of halogens is 2. The maximum atomic E-state index is 5.87. The Morgan fingerprint density at radius 2 is 2.00 bits per heavy atom. The van der Waals surface area contributed by atoms with Gasteiger partial charge in [-0.15, -0.1) is 24.0 Å². The first-order valence-corrected chi connectivity index (χ1v) is 7.59. The fourth-order valence-corrected chi connectivity index (χ4v) is 2.02. The Bertz CT molecular complexity index is 384. The monoisotopic (exact) mass is 413 g/mol. The molecule has 0 heterocycles. The normalized spacial score (nSPS) is 10.8. The van der Waals surface area contributed by atoms with Crippen molar-refractivity contribution >= 4 is 53.3 Å². The first kappa shape index (κ1) is 18.9. The van der Waals surface area contributed by atoms with Gasteiger partial charge in [-0.2, -0.15) is 11.8 Å². The number of rotatable bonds is 5. The fourth-order valence-electron chi connectivity index (χ4n) is 1.59. The molecule has 0 atom stereocenters. The number of hydrogen-bond donors (Lipinski definition) is 1. The quantitative estimate of drug-likeness (QED) is 0.347. The number of nitrogens with one attached hydrogen (secondary N) is 1.